The van der Waals surface area contributed by atoms with E-state index < -0.39 is 5.60 Å². The lowest BCUT2D eigenvalue weighted by Crippen LogP contribution is -2.44. The van der Waals surface area contributed by atoms with Crippen LogP contribution in [0.5, 0.6) is 0 Å². The summed E-state index contributed by atoms with van der Waals surface area (Å²) >= 11 is 0. The Kier molecular flexibility index (Phi) is 4.44. The minimum absolute atomic E-state index is 0.435. The van der Waals surface area contributed by atoms with Crippen molar-refractivity contribution in [2.24, 2.45) is 0 Å². The molecule has 2 heteroatoms. The molecule has 1 saturated heterocycles. The molecule has 0 spiro atoms. The van der Waals surface area contributed by atoms with Gasteiger partial charge in [0.15, 0.2) is 0 Å². The van der Waals surface area contributed by atoms with Crippen molar-refractivity contribution < 1.29 is 5.11 Å². The number of aliphatic hydroxyl groups is 1. The summed E-state index contributed by atoms with van der Waals surface area (Å²) in [6, 6.07) is 0. The predicted molar refractivity (Wildman–Crippen MR) is 59.0 cm³/mol. The summed E-state index contributed by atoms with van der Waals surface area (Å²) in [5, 5.41) is 10.2. The van der Waals surface area contributed by atoms with Crippen molar-refractivity contribution in [1.29, 1.82) is 0 Å². The Balaban J connectivity index is 2.32. The summed E-state index contributed by atoms with van der Waals surface area (Å²) in [6.45, 7) is 7.20. The van der Waals surface area contributed by atoms with Crippen LogP contribution in [0.15, 0.2) is 0 Å². The Labute approximate surface area is 87.3 Å². The number of hydrogen-bond acceptors (Lipinski definition) is 2. The number of nitrogens with zero attached hydrogens (tertiary/aromatic N) is 1. The standard InChI is InChI=1S/C12H21NO/c1-3-5-6-7-12(14)8-10-13(4-2)11-9-12/h14H,4,6-11H2,1-2H3. The van der Waals surface area contributed by atoms with E-state index in [1.54, 1.807) is 0 Å². The topological polar surface area (TPSA) is 23.5 Å². The maximum atomic E-state index is 10.2. The van der Waals surface area contributed by atoms with Gasteiger partial charge in [0.1, 0.15) is 0 Å². The highest BCUT2D eigenvalue weighted by Gasteiger charge is 2.30. The SMILES string of the molecule is CC#CCCC1(O)CCN(CC)CC1. The summed E-state index contributed by atoms with van der Waals surface area (Å²) in [7, 11) is 0. The van der Waals surface area contributed by atoms with E-state index in [2.05, 4.69) is 23.7 Å². The van der Waals surface area contributed by atoms with Gasteiger partial charge >= 0.3 is 0 Å². The van der Waals surface area contributed by atoms with Gasteiger partial charge in [0.2, 0.25) is 0 Å². The van der Waals surface area contributed by atoms with Crippen molar-refractivity contribution in [3.8, 4) is 11.8 Å². The minimum Gasteiger partial charge on any atom is -0.390 e. The normalized spacial score (nSPS) is 21.4. The van der Waals surface area contributed by atoms with Crippen molar-refractivity contribution >= 4 is 0 Å². The summed E-state index contributed by atoms with van der Waals surface area (Å²) in [5.74, 6) is 5.90. The summed E-state index contributed by atoms with van der Waals surface area (Å²) in [4.78, 5) is 2.39. The van der Waals surface area contributed by atoms with Crippen LogP contribution < -0.4 is 0 Å². The number of likely N-dealkylation sites (tertiary alicyclic amines) is 1. The minimum atomic E-state index is -0.435. The van der Waals surface area contributed by atoms with Crippen molar-refractivity contribution in [1.82, 2.24) is 4.90 Å². The van der Waals surface area contributed by atoms with Gasteiger partial charge in [0, 0.05) is 19.5 Å². The van der Waals surface area contributed by atoms with Gasteiger partial charge in [-0.3, -0.25) is 0 Å². The summed E-state index contributed by atoms with van der Waals surface area (Å²) in [6.07, 6.45) is 3.49. The molecule has 2 nitrogen and oxygen atoms in total. The fourth-order valence-corrected chi connectivity index (χ4v) is 1.96. The molecule has 1 aliphatic heterocycles. The molecule has 1 heterocycles. The molecule has 0 aromatic carbocycles. The van der Waals surface area contributed by atoms with Crippen LogP contribution in [0.3, 0.4) is 0 Å². The molecule has 1 rings (SSSR count). The van der Waals surface area contributed by atoms with Crippen LogP contribution in [-0.4, -0.2) is 35.2 Å². The van der Waals surface area contributed by atoms with Gasteiger partial charge in [-0.1, -0.05) is 6.92 Å². The molecule has 0 aromatic heterocycles. The lowest BCUT2D eigenvalue weighted by molar-refractivity contribution is -0.0252. The van der Waals surface area contributed by atoms with Crippen LogP contribution in [0.25, 0.3) is 0 Å². The smallest absolute Gasteiger partial charge is 0.0681 e. The van der Waals surface area contributed by atoms with Gasteiger partial charge in [-0.2, -0.15) is 0 Å². The van der Waals surface area contributed by atoms with Crippen LogP contribution in [0.1, 0.15) is 39.5 Å². The van der Waals surface area contributed by atoms with Gasteiger partial charge in [0.05, 0.1) is 5.60 Å². The third-order valence-corrected chi connectivity index (χ3v) is 3.13. The fourth-order valence-electron chi connectivity index (χ4n) is 1.96. The second kappa shape index (κ2) is 5.38. The van der Waals surface area contributed by atoms with E-state index in [9.17, 15) is 5.11 Å². The van der Waals surface area contributed by atoms with Crippen LogP contribution in [0.2, 0.25) is 0 Å². The molecule has 0 bridgehead atoms. The molecule has 0 aromatic rings. The predicted octanol–water partition coefficient (Wildman–Crippen LogP) is 1.64. The van der Waals surface area contributed by atoms with Crippen LogP contribution >= 0.6 is 0 Å². The molecule has 0 amide bonds. The van der Waals surface area contributed by atoms with Gasteiger partial charge in [0.25, 0.3) is 0 Å². The second-order valence-corrected chi connectivity index (χ2v) is 4.09. The average molecular weight is 195 g/mol. The van der Waals surface area contributed by atoms with E-state index in [0.717, 1.165) is 45.3 Å². The van der Waals surface area contributed by atoms with E-state index in [1.165, 1.54) is 0 Å². The molecule has 1 fully saturated rings. The lowest BCUT2D eigenvalue weighted by Gasteiger charge is -2.37. The van der Waals surface area contributed by atoms with Crippen molar-refractivity contribution in [2.75, 3.05) is 19.6 Å². The zero-order chi connectivity index (χ0) is 10.4. The largest absolute Gasteiger partial charge is 0.390 e. The third kappa shape index (κ3) is 3.32. The first-order chi connectivity index (χ1) is 6.70. The maximum absolute atomic E-state index is 10.2. The van der Waals surface area contributed by atoms with E-state index >= 15 is 0 Å². The molecule has 0 aliphatic carbocycles. The van der Waals surface area contributed by atoms with Gasteiger partial charge in [-0.05, 0) is 32.7 Å². The molecular formula is C12H21NO. The third-order valence-electron chi connectivity index (χ3n) is 3.13. The molecule has 1 aliphatic rings. The maximum Gasteiger partial charge on any atom is 0.0681 e. The zero-order valence-electron chi connectivity index (χ0n) is 9.34. The van der Waals surface area contributed by atoms with E-state index in [1.807, 2.05) is 6.92 Å². The number of hydrogen-bond donors (Lipinski definition) is 1. The Hall–Kier alpha value is -0.520. The monoisotopic (exact) mass is 195 g/mol. The Bertz CT molecular complexity index is 218. The Morgan fingerprint density at radius 1 is 1.36 bits per heavy atom. The van der Waals surface area contributed by atoms with Crippen LogP contribution in [0, 0.1) is 11.8 Å². The Morgan fingerprint density at radius 2 is 2.00 bits per heavy atom. The first kappa shape index (κ1) is 11.6. The summed E-state index contributed by atoms with van der Waals surface area (Å²) < 4.78 is 0. The number of piperidine rings is 1. The van der Waals surface area contributed by atoms with E-state index in [4.69, 9.17) is 0 Å². The highest BCUT2D eigenvalue weighted by atomic mass is 16.3. The molecule has 0 atom stereocenters. The van der Waals surface area contributed by atoms with Crippen molar-refractivity contribution in [3.63, 3.8) is 0 Å². The molecular weight excluding hydrogens is 174 g/mol. The summed E-state index contributed by atoms with van der Waals surface area (Å²) in [5.41, 5.74) is -0.435. The van der Waals surface area contributed by atoms with Gasteiger partial charge in [-0.15, -0.1) is 11.8 Å². The Morgan fingerprint density at radius 3 is 2.50 bits per heavy atom. The highest BCUT2D eigenvalue weighted by Crippen LogP contribution is 2.26. The molecule has 0 radical (unpaired) electrons. The van der Waals surface area contributed by atoms with E-state index in [-0.39, 0.29) is 0 Å². The number of rotatable bonds is 3. The van der Waals surface area contributed by atoms with E-state index in [0.29, 0.717) is 0 Å². The van der Waals surface area contributed by atoms with Gasteiger partial charge in [-0.25, -0.2) is 0 Å². The molecule has 0 unspecified atom stereocenters. The second-order valence-electron chi connectivity index (χ2n) is 4.09. The zero-order valence-corrected chi connectivity index (χ0v) is 9.34. The van der Waals surface area contributed by atoms with Gasteiger partial charge < -0.3 is 10.0 Å². The fraction of sp³-hybridized carbons (Fsp3) is 0.833. The molecule has 14 heavy (non-hydrogen) atoms. The molecule has 80 valence electrons. The van der Waals surface area contributed by atoms with Crippen molar-refractivity contribution in [3.05, 3.63) is 0 Å². The van der Waals surface area contributed by atoms with Crippen LogP contribution in [0.4, 0.5) is 0 Å². The van der Waals surface area contributed by atoms with Crippen LogP contribution in [-0.2, 0) is 0 Å². The average Bonchev–Trinajstić information content (AvgIpc) is 2.19. The molecule has 1 N–H and O–H groups in total. The quantitative estimate of drug-likeness (QED) is 0.692. The lowest BCUT2D eigenvalue weighted by atomic mass is 9.87. The first-order valence-corrected chi connectivity index (χ1v) is 5.54. The van der Waals surface area contributed by atoms with Crippen molar-refractivity contribution in [2.45, 2.75) is 45.1 Å². The first-order valence-electron chi connectivity index (χ1n) is 5.54. The molecule has 0 saturated carbocycles. The highest BCUT2D eigenvalue weighted by molar-refractivity contribution is 4.97.